The van der Waals surface area contributed by atoms with Crippen molar-refractivity contribution >= 4 is 16.5 Å². The molecule has 42 heavy (non-hydrogen) atoms. The van der Waals surface area contributed by atoms with Crippen LogP contribution in [-0.4, -0.2) is 58.7 Å². The number of hydrogen-bond donors (Lipinski definition) is 1. The van der Waals surface area contributed by atoms with Gasteiger partial charge in [0.05, 0.1) is 23.5 Å². The van der Waals surface area contributed by atoms with E-state index in [1.165, 1.54) is 56.5 Å². The minimum atomic E-state index is -0.114. The normalized spacial score (nSPS) is 30.6. The van der Waals surface area contributed by atoms with Crippen molar-refractivity contribution in [1.29, 1.82) is 0 Å². The second-order valence-electron chi connectivity index (χ2n) is 13.9. The summed E-state index contributed by atoms with van der Waals surface area (Å²) in [6, 6.07) is 11.7. The Morgan fingerprint density at radius 2 is 1.95 bits per heavy atom. The topological polar surface area (TPSA) is 53.5 Å². The molecule has 1 N–H and O–H groups in total. The van der Waals surface area contributed by atoms with Gasteiger partial charge >= 0.3 is 6.01 Å². The first-order chi connectivity index (χ1) is 20.5. The molecule has 1 unspecified atom stereocenters. The lowest BCUT2D eigenvalue weighted by Crippen LogP contribution is -2.43. The van der Waals surface area contributed by atoms with E-state index in [4.69, 9.17) is 14.7 Å². The Labute approximate surface area is 249 Å². The Kier molecular flexibility index (Phi) is 6.67. The number of aromatic nitrogens is 2. The van der Waals surface area contributed by atoms with Crippen LogP contribution < -0.4 is 15.0 Å². The number of ether oxygens (including phenoxy) is 1. The van der Waals surface area contributed by atoms with E-state index in [9.17, 15) is 4.39 Å². The van der Waals surface area contributed by atoms with E-state index in [1.807, 2.05) is 13.0 Å². The molecule has 0 spiro atoms. The molecule has 0 saturated carbocycles. The predicted molar refractivity (Wildman–Crippen MR) is 165 cm³/mol. The van der Waals surface area contributed by atoms with Crippen LogP contribution in [0.2, 0.25) is 0 Å². The van der Waals surface area contributed by atoms with Gasteiger partial charge in [-0.2, -0.15) is 9.97 Å². The van der Waals surface area contributed by atoms with Crippen LogP contribution >= 0.6 is 0 Å². The van der Waals surface area contributed by atoms with Crippen LogP contribution in [0, 0.1) is 11.7 Å². The highest BCUT2D eigenvalue weighted by Crippen LogP contribution is 2.43. The van der Waals surface area contributed by atoms with E-state index in [0.29, 0.717) is 49.5 Å². The van der Waals surface area contributed by atoms with E-state index in [-0.39, 0.29) is 11.4 Å². The van der Waals surface area contributed by atoms with Crippen molar-refractivity contribution in [2.24, 2.45) is 5.92 Å². The Balaban J connectivity index is 1.15. The molecule has 7 heteroatoms. The fraction of sp³-hybridized carbons (Fsp3) is 0.600. The molecule has 2 bridgehead atoms. The highest BCUT2D eigenvalue weighted by molar-refractivity contribution is 5.97. The van der Waals surface area contributed by atoms with Crippen molar-refractivity contribution in [1.82, 2.24) is 20.2 Å². The Hall–Kier alpha value is -2.77. The van der Waals surface area contributed by atoms with Gasteiger partial charge < -0.3 is 15.0 Å². The van der Waals surface area contributed by atoms with Crippen LogP contribution in [0.15, 0.2) is 30.3 Å². The molecule has 4 saturated heterocycles. The fourth-order valence-corrected chi connectivity index (χ4v) is 9.36. The van der Waals surface area contributed by atoms with E-state index < -0.39 is 0 Å². The van der Waals surface area contributed by atoms with Gasteiger partial charge in [0.1, 0.15) is 12.4 Å². The number of benzene rings is 2. The lowest BCUT2D eigenvalue weighted by Gasteiger charge is -2.35. The van der Waals surface area contributed by atoms with Crippen LogP contribution in [0.3, 0.4) is 0 Å². The minimum Gasteiger partial charge on any atom is -0.461 e. The molecule has 3 aromatic rings. The Morgan fingerprint density at radius 1 is 1.10 bits per heavy atom. The third-order valence-electron chi connectivity index (χ3n) is 11.2. The van der Waals surface area contributed by atoms with Gasteiger partial charge in [0, 0.05) is 42.2 Å². The number of nitrogens with one attached hydrogen (secondary N) is 1. The number of rotatable bonds is 6. The monoisotopic (exact) mass is 569 g/mol. The summed E-state index contributed by atoms with van der Waals surface area (Å²) in [6.07, 6.45) is 10.1. The minimum absolute atomic E-state index is 0.114. The predicted octanol–water partition coefficient (Wildman–Crippen LogP) is 6.15. The summed E-state index contributed by atoms with van der Waals surface area (Å²) in [4.78, 5) is 15.5. The maximum atomic E-state index is 15.0. The molecule has 0 aliphatic carbocycles. The summed E-state index contributed by atoms with van der Waals surface area (Å²) in [7, 11) is 0. The largest absolute Gasteiger partial charge is 0.461 e. The van der Waals surface area contributed by atoms with E-state index in [0.717, 1.165) is 53.5 Å². The standard InChI is InChI=1S/C35H44FN5O/c1-3-27-29(36)11-8-23-6-4-7-31(32(23)27)40-15-12-28-30(20-40)38-34(39-33(28)24-16-25-9-10-26(17-24)37-25)42-21-35-13-5-14-41(35)19-22(2)18-35/h4,6-8,11,22,24-26,37H,3,5,9-10,12-21H2,1-2H3/t22-,24?,25-,26+,35+/m1/s1. The third-order valence-corrected chi connectivity index (χ3v) is 11.2. The van der Waals surface area contributed by atoms with Crippen molar-refractivity contribution in [2.45, 2.75) is 102 Å². The maximum Gasteiger partial charge on any atom is 0.316 e. The number of halogens is 1. The van der Waals surface area contributed by atoms with E-state index in [2.05, 4.69) is 40.2 Å². The van der Waals surface area contributed by atoms with Crippen LogP contribution in [0.25, 0.3) is 10.8 Å². The number of hydrogen-bond acceptors (Lipinski definition) is 6. The van der Waals surface area contributed by atoms with Crippen molar-refractivity contribution in [3.63, 3.8) is 0 Å². The van der Waals surface area contributed by atoms with Crippen molar-refractivity contribution < 1.29 is 9.13 Å². The van der Waals surface area contributed by atoms with Crippen LogP contribution in [0.1, 0.15) is 87.2 Å². The highest BCUT2D eigenvalue weighted by Gasteiger charge is 2.48. The fourth-order valence-electron chi connectivity index (χ4n) is 9.36. The summed E-state index contributed by atoms with van der Waals surface area (Å²) >= 11 is 0. The van der Waals surface area contributed by atoms with Crippen molar-refractivity contribution in [2.75, 3.05) is 31.1 Å². The first-order valence-electron chi connectivity index (χ1n) is 16.5. The average Bonchev–Trinajstić information content (AvgIpc) is 3.65. The first kappa shape index (κ1) is 26.8. The molecule has 1 aromatic heterocycles. The quantitative estimate of drug-likeness (QED) is 0.385. The van der Waals surface area contributed by atoms with Crippen LogP contribution in [0.5, 0.6) is 6.01 Å². The van der Waals surface area contributed by atoms with Gasteiger partial charge in [-0.3, -0.25) is 4.90 Å². The zero-order valence-corrected chi connectivity index (χ0v) is 25.2. The van der Waals surface area contributed by atoms with Gasteiger partial charge in [0.2, 0.25) is 0 Å². The SMILES string of the molecule is CCc1c(F)ccc2cccc(N3CCc4c(nc(OC[C@@]56CCCN5C[C@H](C)C6)nc4C4C[C@H]5CC[C@@H](C4)N5)C3)c12. The molecular formula is C35H44FN5O. The smallest absolute Gasteiger partial charge is 0.316 e. The van der Waals surface area contributed by atoms with E-state index in [1.54, 1.807) is 6.07 Å². The van der Waals surface area contributed by atoms with Crippen LogP contribution in [-0.2, 0) is 19.4 Å². The zero-order chi connectivity index (χ0) is 28.4. The Morgan fingerprint density at radius 3 is 2.79 bits per heavy atom. The molecule has 0 radical (unpaired) electrons. The Bertz CT molecular complexity index is 1500. The average molecular weight is 570 g/mol. The molecule has 5 aliphatic heterocycles. The van der Waals surface area contributed by atoms with Gasteiger partial charge in [0.25, 0.3) is 0 Å². The highest BCUT2D eigenvalue weighted by atomic mass is 19.1. The summed E-state index contributed by atoms with van der Waals surface area (Å²) < 4.78 is 21.6. The van der Waals surface area contributed by atoms with Gasteiger partial charge in [-0.25, -0.2) is 4.39 Å². The van der Waals surface area contributed by atoms with Gasteiger partial charge in [0.15, 0.2) is 0 Å². The van der Waals surface area contributed by atoms with Crippen LogP contribution in [0.4, 0.5) is 10.1 Å². The second kappa shape index (κ2) is 10.4. The molecule has 5 aliphatic rings. The molecule has 5 atom stereocenters. The molecule has 0 amide bonds. The second-order valence-corrected chi connectivity index (χ2v) is 13.9. The summed E-state index contributed by atoms with van der Waals surface area (Å²) in [5.74, 6) is 1.06. The van der Waals surface area contributed by atoms with Gasteiger partial charge in [-0.05, 0) is 98.9 Å². The molecular weight excluding hydrogens is 525 g/mol. The molecule has 6 nitrogen and oxygen atoms in total. The summed E-state index contributed by atoms with van der Waals surface area (Å²) in [5, 5.41) is 5.96. The summed E-state index contributed by atoms with van der Waals surface area (Å²) in [6.45, 7) is 9.05. The molecule has 8 rings (SSSR count). The van der Waals surface area contributed by atoms with Gasteiger partial charge in [-0.1, -0.05) is 32.0 Å². The number of fused-ring (bicyclic) bond motifs is 5. The van der Waals surface area contributed by atoms with Crippen molar-refractivity contribution in [3.8, 4) is 6.01 Å². The number of nitrogens with zero attached hydrogens (tertiary/aromatic N) is 4. The number of anilines is 1. The van der Waals surface area contributed by atoms with E-state index >= 15 is 0 Å². The molecule has 2 aromatic carbocycles. The summed E-state index contributed by atoms with van der Waals surface area (Å²) in [5.41, 5.74) is 5.73. The molecule has 6 heterocycles. The number of piperidine rings is 1. The van der Waals surface area contributed by atoms with Gasteiger partial charge in [-0.15, -0.1) is 0 Å². The number of aryl methyl sites for hydroxylation is 1. The lowest BCUT2D eigenvalue weighted by molar-refractivity contribution is 0.107. The lowest BCUT2D eigenvalue weighted by atomic mass is 9.85. The third kappa shape index (κ3) is 4.50. The van der Waals surface area contributed by atoms with Crippen molar-refractivity contribution in [3.05, 3.63) is 58.7 Å². The zero-order valence-electron chi connectivity index (χ0n) is 25.2. The first-order valence-corrected chi connectivity index (χ1v) is 16.5. The maximum absolute atomic E-state index is 15.0. The molecule has 222 valence electrons. The molecule has 4 fully saturated rings.